The number of carboxylic acid groups (broad SMARTS) is 1. The van der Waals surface area contributed by atoms with E-state index in [1.54, 1.807) is 0 Å². The van der Waals surface area contributed by atoms with Crippen molar-refractivity contribution in [3.05, 3.63) is 35.4 Å². The Morgan fingerprint density at radius 2 is 2.05 bits per heavy atom. The lowest BCUT2D eigenvalue weighted by atomic mass is 9.94. The molecule has 0 amide bonds. The van der Waals surface area contributed by atoms with Crippen LogP contribution in [-0.2, 0) is 17.8 Å². The number of hydrogen-bond acceptors (Lipinski definition) is 3. The number of likely N-dealkylation sites (tertiary alicyclic amines) is 1. The Kier molecular flexibility index (Phi) is 5.15. The molecule has 1 heterocycles. The van der Waals surface area contributed by atoms with Gasteiger partial charge in [0, 0.05) is 25.7 Å². The first kappa shape index (κ1) is 15.0. The zero-order valence-electron chi connectivity index (χ0n) is 12.1. The Balaban J connectivity index is 2.07. The van der Waals surface area contributed by atoms with Crippen LogP contribution in [0, 0.1) is 5.92 Å². The van der Waals surface area contributed by atoms with Crippen molar-refractivity contribution in [3.63, 3.8) is 0 Å². The van der Waals surface area contributed by atoms with Gasteiger partial charge in [-0.1, -0.05) is 37.6 Å². The molecule has 110 valence electrons. The predicted octanol–water partition coefficient (Wildman–Crippen LogP) is 1.87. The topological polar surface area (TPSA) is 66.6 Å². The number of hydrogen-bond donors (Lipinski definition) is 2. The molecule has 0 saturated carbocycles. The number of benzene rings is 1. The van der Waals surface area contributed by atoms with E-state index in [4.69, 9.17) is 5.73 Å². The van der Waals surface area contributed by atoms with Crippen LogP contribution in [0.15, 0.2) is 24.3 Å². The molecule has 2 atom stereocenters. The third-order valence-electron chi connectivity index (χ3n) is 3.94. The standard InChI is InChI=1S/C16H24N2O2/c1-2-5-12-6-3-4-7-13(12)9-18-10-14(16(19)20)8-15(17)11-18/h3-4,6-7,14-15H,2,5,8-11,17H2,1H3,(H,19,20). The van der Waals surface area contributed by atoms with E-state index in [2.05, 4.69) is 30.0 Å². The van der Waals surface area contributed by atoms with Gasteiger partial charge in [0.2, 0.25) is 0 Å². The van der Waals surface area contributed by atoms with Crippen molar-refractivity contribution in [2.75, 3.05) is 13.1 Å². The van der Waals surface area contributed by atoms with Gasteiger partial charge in [0.1, 0.15) is 0 Å². The van der Waals surface area contributed by atoms with Gasteiger partial charge < -0.3 is 10.8 Å². The summed E-state index contributed by atoms with van der Waals surface area (Å²) < 4.78 is 0. The second kappa shape index (κ2) is 6.86. The number of carbonyl (C=O) groups is 1. The monoisotopic (exact) mass is 276 g/mol. The maximum atomic E-state index is 11.2. The number of piperidine rings is 1. The lowest BCUT2D eigenvalue weighted by molar-refractivity contribution is -0.144. The van der Waals surface area contributed by atoms with Crippen LogP contribution < -0.4 is 5.73 Å². The zero-order chi connectivity index (χ0) is 14.5. The Morgan fingerprint density at radius 1 is 1.35 bits per heavy atom. The fraction of sp³-hybridized carbons (Fsp3) is 0.562. The van der Waals surface area contributed by atoms with Crippen LogP contribution in [0.1, 0.15) is 30.9 Å². The van der Waals surface area contributed by atoms with Crippen LogP contribution in [0.4, 0.5) is 0 Å². The third kappa shape index (κ3) is 3.81. The van der Waals surface area contributed by atoms with Gasteiger partial charge in [0.15, 0.2) is 0 Å². The van der Waals surface area contributed by atoms with Crippen LogP contribution in [-0.4, -0.2) is 35.1 Å². The van der Waals surface area contributed by atoms with Gasteiger partial charge in [0.05, 0.1) is 5.92 Å². The molecule has 3 N–H and O–H groups in total. The largest absolute Gasteiger partial charge is 0.481 e. The van der Waals surface area contributed by atoms with E-state index >= 15 is 0 Å². The molecule has 0 radical (unpaired) electrons. The molecule has 0 aromatic heterocycles. The highest BCUT2D eigenvalue weighted by molar-refractivity contribution is 5.70. The van der Waals surface area contributed by atoms with Crippen LogP contribution in [0.2, 0.25) is 0 Å². The number of aryl methyl sites for hydroxylation is 1. The highest BCUT2D eigenvalue weighted by Crippen LogP contribution is 2.20. The Labute approximate surface area is 120 Å². The molecule has 1 aromatic carbocycles. The number of aliphatic carboxylic acids is 1. The van der Waals surface area contributed by atoms with Crippen molar-refractivity contribution in [1.82, 2.24) is 4.90 Å². The smallest absolute Gasteiger partial charge is 0.307 e. The lowest BCUT2D eigenvalue weighted by Gasteiger charge is -2.34. The summed E-state index contributed by atoms with van der Waals surface area (Å²) >= 11 is 0. The fourth-order valence-corrected chi connectivity index (χ4v) is 3.01. The summed E-state index contributed by atoms with van der Waals surface area (Å²) in [5.74, 6) is -1.07. The first-order chi connectivity index (χ1) is 9.60. The van der Waals surface area contributed by atoms with Crippen molar-refractivity contribution < 1.29 is 9.90 Å². The molecule has 1 fully saturated rings. The van der Waals surface area contributed by atoms with Gasteiger partial charge in [-0.15, -0.1) is 0 Å². The highest BCUT2D eigenvalue weighted by Gasteiger charge is 2.29. The first-order valence-corrected chi connectivity index (χ1v) is 7.37. The Morgan fingerprint density at radius 3 is 2.70 bits per heavy atom. The average molecular weight is 276 g/mol. The summed E-state index contributed by atoms with van der Waals surface area (Å²) in [4.78, 5) is 13.4. The van der Waals surface area contributed by atoms with Crippen LogP contribution in [0.25, 0.3) is 0 Å². The molecular weight excluding hydrogens is 252 g/mol. The van der Waals surface area contributed by atoms with Crippen LogP contribution in [0.5, 0.6) is 0 Å². The summed E-state index contributed by atoms with van der Waals surface area (Å²) in [5, 5.41) is 9.20. The summed E-state index contributed by atoms with van der Waals surface area (Å²) in [5.41, 5.74) is 8.66. The second-order valence-corrected chi connectivity index (χ2v) is 5.74. The van der Waals surface area contributed by atoms with Gasteiger partial charge in [0.25, 0.3) is 0 Å². The number of nitrogens with zero attached hydrogens (tertiary/aromatic N) is 1. The number of nitrogens with two attached hydrogens (primary N) is 1. The molecule has 2 rings (SSSR count). The SMILES string of the molecule is CCCc1ccccc1CN1CC(N)CC(C(=O)O)C1. The first-order valence-electron chi connectivity index (χ1n) is 7.37. The predicted molar refractivity (Wildman–Crippen MR) is 79.4 cm³/mol. The van der Waals surface area contributed by atoms with Gasteiger partial charge in [-0.25, -0.2) is 0 Å². The molecule has 4 nitrogen and oxygen atoms in total. The van der Waals surface area contributed by atoms with Crippen molar-refractivity contribution >= 4 is 5.97 Å². The molecule has 0 spiro atoms. The van der Waals surface area contributed by atoms with Crippen molar-refractivity contribution in [2.45, 2.75) is 38.8 Å². The molecule has 4 heteroatoms. The van der Waals surface area contributed by atoms with Crippen molar-refractivity contribution in [1.29, 1.82) is 0 Å². The van der Waals surface area contributed by atoms with Crippen molar-refractivity contribution in [2.24, 2.45) is 11.7 Å². The van der Waals surface area contributed by atoms with Crippen LogP contribution in [0.3, 0.4) is 0 Å². The van der Waals surface area contributed by atoms with E-state index in [1.165, 1.54) is 11.1 Å². The maximum absolute atomic E-state index is 11.2. The molecule has 1 aliphatic rings. The van der Waals surface area contributed by atoms with E-state index in [9.17, 15) is 9.90 Å². The lowest BCUT2D eigenvalue weighted by Crippen LogP contribution is -2.48. The van der Waals surface area contributed by atoms with E-state index in [-0.39, 0.29) is 12.0 Å². The van der Waals surface area contributed by atoms with Gasteiger partial charge >= 0.3 is 5.97 Å². The summed E-state index contributed by atoms with van der Waals surface area (Å²) in [6, 6.07) is 8.38. The maximum Gasteiger partial charge on any atom is 0.307 e. The minimum atomic E-state index is -0.730. The van der Waals surface area contributed by atoms with E-state index < -0.39 is 5.97 Å². The number of carboxylic acids is 1. The van der Waals surface area contributed by atoms with Gasteiger partial charge in [-0.05, 0) is 24.0 Å². The molecular formula is C16H24N2O2. The summed E-state index contributed by atoms with van der Waals surface area (Å²) in [6.07, 6.45) is 2.77. The highest BCUT2D eigenvalue weighted by atomic mass is 16.4. The molecule has 1 aromatic rings. The minimum absolute atomic E-state index is 0.0387. The van der Waals surface area contributed by atoms with Crippen LogP contribution >= 0.6 is 0 Å². The van der Waals surface area contributed by atoms with E-state index in [0.29, 0.717) is 13.0 Å². The molecule has 1 saturated heterocycles. The molecule has 0 aliphatic carbocycles. The molecule has 20 heavy (non-hydrogen) atoms. The average Bonchev–Trinajstić information content (AvgIpc) is 2.40. The normalized spacial score (nSPS) is 23.7. The Hall–Kier alpha value is -1.39. The molecule has 1 aliphatic heterocycles. The second-order valence-electron chi connectivity index (χ2n) is 5.74. The zero-order valence-corrected chi connectivity index (χ0v) is 12.1. The summed E-state index contributed by atoms with van der Waals surface area (Å²) in [6.45, 7) is 4.36. The fourth-order valence-electron chi connectivity index (χ4n) is 3.01. The molecule has 0 bridgehead atoms. The minimum Gasteiger partial charge on any atom is -0.481 e. The summed E-state index contributed by atoms with van der Waals surface area (Å²) in [7, 11) is 0. The number of rotatable bonds is 5. The quantitative estimate of drug-likeness (QED) is 0.861. The van der Waals surface area contributed by atoms with Gasteiger partial charge in [-0.3, -0.25) is 9.69 Å². The van der Waals surface area contributed by atoms with Gasteiger partial charge in [-0.2, -0.15) is 0 Å². The van der Waals surface area contributed by atoms with E-state index in [0.717, 1.165) is 25.9 Å². The van der Waals surface area contributed by atoms with E-state index in [1.807, 2.05) is 6.07 Å². The third-order valence-corrected chi connectivity index (χ3v) is 3.94. The molecule has 2 unspecified atom stereocenters. The Bertz CT molecular complexity index is 462. The van der Waals surface area contributed by atoms with Crippen molar-refractivity contribution in [3.8, 4) is 0 Å².